The zero-order valence-electron chi connectivity index (χ0n) is 14.0. The maximum absolute atomic E-state index is 12.2. The molecular formula is C20H21NO4. The van der Waals surface area contributed by atoms with E-state index in [1.807, 2.05) is 6.07 Å². The molecule has 1 heterocycles. The van der Waals surface area contributed by atoms with Crippen LogP contribution in [0.15, 0.2) is 36.4 Å². The van der Waals surface area contributed by atoms with Gasteiger partial charge in [0.1, 0.15) is 12.4 Å². The van der Waals surface area contributed by atoms with Crippen LogP contribution in [0.4, 0.5) is 0 Å². The van der Waals surface area contributed by atoms with Crippen molar-refractivity contribution in [3.05, 3.63) is 53.1 Å². The standard InChI is InChI=1S/C20H21NO4/c22-20(16-6-8-18-19(12-16)25-13-24-18)21-9-10-23-17-7-5-14-3-1-2-4-15(14)11-17/h5-8,11-12H,1-4,9-10,13H2,(H,21,22). The second-order valence-corrected chi connectivity index (χ2v) is 6.31. The highest BCUT2D eigenvalue weighted by Crippen LogP contribution is 2.32. The van der Waals surface area contributed by atoms with Crippen LogP contribution < -0.4 is 19.5 Å². The van der Waals surface area contributed by atoms with Gasteiger partial charge in [0.25, 0.3) is 5.91 Å². The third-order valence-electron chi connectivity index (χ3n) is 4.61. The molecule has 0 atom stereocenters. The Bertz CT molecular complexity index is 787. The van der Waals surface area contributed by atoms with E-state index in [-0.39, 0.29) is 12.7 Å². The molecule has 2 aromatic rings. The summed E-state index contributed by atoms with van der Waals surface area (Å²) in [6.07, 6.45) is 4.83. The van der Waals surface area contributed by atoms with Gasteiger partial charge in [-0.05, 0) is 67.1 Å². The number of hydrogen-bond acceptors (Lipinski definition) is 4. The van der Waals surface area contributed by atoms with Crippen molar-refractivity contribution in [2.75, 3.05) is 19.9 Å². The van der Waals surface area contributed by atoms with Gasteiger partial charge >= 0.3 is 0 Å². The molecular weight excluding hydrogens is 318 g/mol. The van der Waals surface area contributed by atoms with Crippen molar-refractivity contribution < 1.29 is 19.0 Å². The zero-order valence-corrected chi connectivity index (χ0v) is 14.0. The van der Waals surface area contributed by atoms with Crippen LogP contribution in [0.1, 0.15) is 34.3 Å². The number of amides is 1. The average molecular weight is 339 g/mol. The SMILES string of the molecule is O=C(NCCOc1ccc2c(c1)CCCC2)c1ccc2c(c1)OCO2. The number of hydrogen-bond donors (Lipinski definition) is 1. The molecule has 1 N–H and O–H groups in total. The highest BCUT2D eigenvalue weighted by atomic mass is 16.7. The number of aryl methyl sites for hydroxylation is 2. The van der Waals surface area contributed by atoms with E-state index in [0.717, 1.165) is 12.2 Å². The zero-order chi connectivity index (χ0) is 17.1. The van der Waals surface area contributed by atoms with Gasteiger partial charge in [0.15, 0.2) is 11.5 Å². The van der Waals surface area contributed by atoms with Gasteiger partial charge in [-0.3, -0.25) is 4.79 Å². The molecule has 0 saturated heterocycles. The summed E-state index contributed by atoms with van der Waals surface area (Å²) in [5.41, 5.74) is 3.39. The van der Waals surface area contributed by atoms with E-state index in [1.165, 1.54) is 30.4 Å². The van der Waals surface area contributed by atoms with Gasteiger partial charge in [-0.15, -0.1) is 0 Å². The summed E-state index contributed by atoms with van der Waals surface area (Å²) in [6, 6.07) is 11.5. The Morgan fingerprint density at radius 3 is 2.76 bits per heavy atom. The quantitative estimate of drug-likeness (QED) is 0.851. The topological polar surface area (TPSA) is 56.8 Å². The molecule has 2 aliphatic rings. The minimum atomic E-state index is -0.146. The van der Waals surface area contributed by atoms with E-state index in [4.69, 9.17) is 14.2 Å². The monoisotopic (exact) mass is 339 g/mol. The third-order valence-corrected chi connectivity index (χ3v) is 4.61. The van der Waals surface area contributed by atoms with Crippen molar-refractivity contribution in [2.45, 2.75) is 25.7 Å². The van der Waals surface area contributed by atoms with E-state index >= 15 is 0 Å². The van der Waals surface area contributed by atoms with Crippen molar-refractivity contribution in [3.8, 4) is 17.2 Å². The molecule has 0 saturated carbocycles. The molecule has 5 heteroatoms. The molecule has 1 aliphatic carbocycles. The van der Waals surface area contributed by atoms with E-state index in [1.54, 1.807) is 18.2 Å². The summed E-state index contributed by atoms with van der Waals surface area (Å²) in [7, 11) is 0. The second kappa shape index (κ2) is 7.05. The minimum Gasteiger partial charge on any atom is -0.492 e. The lowest BCUT2D eigenvalue weighted by Crippen LogP contribution is -2.28. The van der Waals surface area contributed by atoms with Gasteiger partial charge in [-0.1, -0.05) is 6.07 Å². The van der Waals surface area contributed by atoms with Crippen molar-refractivity contribution in [2.24, 2.45) is 0 Å². The summed E-state index contributed by atoms with van der Waals surface area (Å²) >= 11 is 0. The first-order valence-corrected chi connectivity index (χ1v) is 8.72. The van der Waals surface area contributed by atoms with Gasteiger partial charge in [-0.2, -0.15) is 0 Å². The Morgan fingerprint density at radius 1 is 1.00 bits per heavy atom. The van der Waals surface area contributed by atoms with Crippen LogP contribution in [0, 0.1) is 0 Å². The number of fused-ring (bicyclic) bond motifs is 2. The van der Waals surface area contributed by atoms with E-state index in [0.29, 0.717) is 30.2 Å². The van der Waals surface area contributed by atoms with Crippen LogP contribution in [-0.2, 0) is 12.8 Å². The molecule has 4 rings (SSSR count). The van der Waals surface area contributed by atoms with Crippen LogP contribution in [0.3, 0.4) is 0 Å². The molecule has 1 aliphatic heterocycles. The van der Waals surface area contributed by atoms with E-state index in [2.05, 4.69) is 17.4 Å². The van der Waals surface area contributed by atoms with Crippen LogP contribution in [0.5, 0.6) is 17.2 Å². The van der Waals surface area contributed by atoms with Crippen LogP contribution >= 0.6 is 0 Å². The number of nitrogens with one attached hydrogen (secondary N) is 1. The smallest absolute Gasteiger partial charge is 0.251 e. The molecule has 0 aromatic heterocycles. The number of rotatable bonds is 5. The predicted molar refractivity (Wildman–Crippen MR) is 93.5 cm³/mol. The Kier molecular flexibility index (Phi) is 4.46. The fourth-order valence-corrected chi connectivity index (χ4v) is 3.27. The van der Waals surface area contributed by atoms with Gasteiger partial charge < -0.3 is 19.5 Å². The molecule has 5 nitrogen and oxygen atoms in total. The first-order chi connectivity index (χ1) is 12.3. The first-order valence-electron chi connectivity index (χ1n) is 8.72. The summed E-state index contributed by atoms with van der Waals surface area (Å²) in [5.74, 6) is 2.01. The Morgan fingerprint density at radius 2 is 1.84 bits per heavy atom. The van der Waals surface area contributed by atoms with Crippen molar-refractivity contribution in [1.82, 2.24) is 5.32 Å². The molecule has 0 unspecified atom stereocenters. The first kappa shape index (κ1) is 15.8. The van der Waals surface area contributed by atoms with Gasteiger partial charge in [0.2, 0.25) is 6.79 Å². The Labute approximate surface area is 146 Å². The molecule has 25 heavy (non-hydrogen) atoms. The molecule has 2 aromatic carbocycles. The highest BCUT2D eigenvalue weighted by Gasteiger charge is 2.16. The fraction of sp³-hybridized carbons (Fsp3) is 0.350. The summed E-state index contributed by atoms with van der Waals surface area (Å²) in [4.78, 5) is 12.2. The van der Waals surface area contributed by atoms with Crippen molar-refractivity contribution in [3.63, 3.8) is 0 Å². The largest absolute Gasteiger partial charge is 0.492 e. The molecule has 0 fully saturated rings. The molecule has 0 radical (unpaired) electrons. The lowest BCUT2D eigenvalue weighted by atomic mass is 9.92. The average Bonchev–Trinajstić information content (AvgIpc) is 3.12. The maximum atomic E-state index is 12.2. The number of carbonyl (C=O) groups is 1. The minimum absolute atomic E-state index is 0.146. The maximum Gasteiger partial charge on any atom is 0.251 e. The lowest BCUT2D eigenvalue weighted by Gasteiger charge is -2.17. The molecule has 1 amide bonds. The van der Waals surface area contributed by atoms with Crippen LogP contribution in [0.25, 0.3) is 0 Å². The van der Waals surface area contributed by atoms with E-state index in [9.17, 15) is 4.79 Å². The number of ether oxygens (including phenoxy) is 3. The fourth-order valence-electron chi connectivity index (χ4n) is 3.27. The number of benzene rings is 2. The predicted octanol–water partition coefficient (Wildman–Crippen LogP) is 3.10. The third kappa shape index (κ3) is 3.55. The van der Waals surface area contributed by atoms with Crippen molar-refractivity contribution >= 4 is 5.91 Å². The van der Waals surface area contributed by atoms with Gasteiger partial charge in [0, 0.05) is 5.56 Å². The normalized spacial score (nSPS) is 14.7. The highest BCUT2D eigenvalue weighted by molar-refractivity contribution is 5.94. The molecule has 130 valence electrons. The summed E-state index contributed by atoms with van der Waals surface area (Å²) in [6.45, 7) is 1.09. The van der Waals surface area contributed by atoms with Crippen LogP contribution in [-0.4, -0.2) is 25.9 Å². The number of carbonyl (C=O) groups excluding carboxylic acids is 1. The summed E-state index contributed by atoms with van der Waals surface area (Å²) < 4.78 is 16.3. The van der Waals surface area contributed by atoms with Gasteiger partial charge in [-0.25, -0.2) is 0 Å². The summed E-state index contributed by atoms with van der Waals surface area (Å²) in [5, 5.41) is 2.86. The van der Waals surface area contributed by atoms with Gasteiger partial charge in [0.05, 0.1) is 6.54 Å². The Hall–Kier alpha value is -2.69. The lowest BCUT2D eigenvalue weighted by molar-refractivity contribution is 0.0946. The van der Waals surface area contributed by atoms with E-state index < -0.39 is 0 Å². The Balaban J connectivity index is 1.27. The second-order valence-electron chi connectivity index (χ2n) is 6.31. The van der Waals surface area contributed by atoms with Crippen molar-refractivity contribution in [1.29, 1.82) is 0 Å². The van der Waals surface area contributed by atoms with Crippen LogP contribution in [0.2, 0.25) is 0 Å². The molecule has 0 spiro atoms. The molecule has 0 bridgehead atoms.